The van der Waals surface area contributed by atoms with E-state index in [9.17, 15) is 0 Å². The van der Waals surface area contributed by atoms with Crippen LogP contribution in [-0.2, 0) is 7.05 Å². The Bertz CT molecular complexity index is 622. The van der Waals surface area contributed by atoms with E-state index in [4.69, 9.17) is 12.2 Å². The number of hydrogen-bond donors (Lipinski definition) is 1. The van der Waals surface area contributed by atoms with E-state index in [0.29, 0.717) is 0 Å². The molecule has 0 saturated carbocycles. The number of hydrogen-bond acceptors (Lipinski definition) is 2. The van der Waals surface area contributed by atoms with Crippen LogP contribution < -0.4 is 5.32 Å². The van der Waals surface area contributed by atoms with E-state index < -0.39 is 0 Å². The van der Waals surface area contributed by atoms with Crippen molar-refractivity contribution in [2.45, 2.75) is 25.4 Å². The van der Waals surface area contributed by atoms with Crippen molar-refractivity contribution in [3.8, 4) is 0 Å². The molecule has 2 aromatic rings. The molecule has 2 atom stereocenters. The predicted molar refractivity (Wildman–Crippen MR) is 87.9 cm³/mol. The number of aryl methyl sites for hydroxylation is 1. The highest BCUT2D eigenvalue weighted by atomic mass is 32.1. The number of nitrogens with one attached hydrogen (secondary N) is 1. The maximum Gasteiger partial charge on any atom is 0.170 e. The van der Waals surface area contributed by atoms with Crippen molar-refractivity contribution in [1.29, 1.82) is 0 Å². The molecule has 1 aliphatic heterocycles. The maximum absolute atomic E-state index is 5.56. The van der Waals surface area contributed by atoms with E-state index in [-0.39, 0.29) is 12.1 Å². The third-order valence-electron chi connectivity index (χ3n) is 3.95. The zero-order valence-electron chi connectivity index (χ0n) is 12.4. The molecule has 1 N–H and O–H groups in total. The lowest BCUT2D eigenvalue weighted by atomic mass is 10.0. The smallest absolute Gasteiger partial charge is 0.170 e. The molecule has 5 heteroatoms. The van der Waals surface area contributed by atoms with Gasteiger partial charge in [0.05, 0.1) is 17.8 Å². The zero-order valence-corrected chi connectivity index (χ0v) is 13.2. The Kier molecular flexibility index (Phi) is 3.92. The van der Waals surface area contributed by atoms with Crippen LogP contribution in [0.5, 0.6) is 0 Å². The quantitative estimate of drug-likeness (QED) is 0.880. The molecule has 0 spiro atoms. The van der Waals surface area contributed by atoms with Crippen LogP contribution >= 0.6 is 12.2 Å². The zero-order chi connectivity index (χ0) is 14.8. The molecule has 1 saturated heterocycles. The first kappa shape index (κ1) is 14.1. The summed E-state index contributed by atoms with van der Waals surface area (Å²) in [4.78, 5) is 6.80. The van der Waals surface area contributed by atoms with E-state index in [1.165, 1.54) is 5.69 Å². The van der Waals surface area contributed by atoms with Gasteiger partial charge < -0.3 is 14.8 Å². The Hall–Kier alpha value is -1.88. The summed E-state index contributed by atoms with van der Waals surface area (Å²) in [5, 5.41) is 4.27. The minimum atomic E-state index is 0.0962. The lowest BCUT2D eigenvalue weighted by Gasteiger charge is -2.27. The summed E-state index contributed by atoms with van der Waals surface area (Å²) in [5.74, 6) is 0. The lowest BCUT2D eigenvalue weighted by Crippen LogP contribution is -2.31. The summed E-state index contributed by atoms with van der Waals surface area (Å²) in [7, 11) is 2.08. The third-order valence-corrected chi connectivity index (χ3v) is 4.30. The molecule has 0 unspecified atom stereocenters. The van der Waals surface area contributed by atoms with Crippen LogP contribution in [-0.4, -0.2) is 26.1 Å². The summed E-state index contributed by atoms with van der Waals surface area (Å²) in [6.07, 6.45) is 4.98. The van der Waals surface area contributed by atoms with Crippen molar-refractivity contribution in [1.82, 2.24) is 19.8 Å². The Morgan fingerprint density at radius 2 is 2.14 bits per heavy atom. The molecule has 0 aromatic carbocycles. The van der Waals surface area contributed by atoms with Gasteiger partial charge in [0, 0.05) is 31.7 Å². The van der Waals surface area contributed by atoms with Gasteiger partial charge in [-0.3, -0.25) is 4.98 Å². The third kappa shape index (κ3) is 2.53. The van der Waals surface area contributed by atoms with Gasteiger partial charge in [0.15, 0.2) is 5.11 Å². The van der Waals surface area contributed by atoms with E-state index >= 15 is 0 Å². The van der Waals surface area contributed by atoms with Gasteiger partial charge in [-0.05, 0) is 42.9 Å². The van der Waals surface area contributed by atoms with Gasteiger partial charge in [0.1, 0.15) is 0 Å². The highest BCUT2D eigenvalue weighted by molar-refractivity contribution is 7.80. The molecule has 0 radical (unpaired) electrons. The van der Waals surface area contributed by atoms with Gasteiger partial charge in [-0.15, -0.1) is 0 Å². The van der Waals surface area contributed by atoms with Crippen LogP contribution in [0.4, 0.5) is 0 Å². The fourth-order valence-electron chi connectivity index (χ4n) is 2.99. The van der Waals surface area contributed by atoms with Gasteiger partial charge in [0.2, 0.25) is 0 Å². The number of aromatic nitrogens is 2. The molecular formula is C16H20N4S. The first-order valence-electron chi connectivity index (χ1n) is 7.31. The molecule has 21 heavy (non-hydrogen) atoms. The SMILES string of the molecule is CCCN1C(=S)N[C@@H](c2ccccn2)[C@@H]1c1cccn1C. The first-order valence-corrected chi connectivity index (χ1v) is 7.72. The summed E-state index contributed by atoms with van der Waals surface area (Å²) in [5.41, 5.74) is 2.29. The normalized spacial score (nSPS) is 21.6. The van der Waals surface area contributed by atoms with Crippen LogP contribution in [0.25, 0.3) is 0 Å². The molecule has 0 aliphatic carbocycles. The summed E-state index contributed by atoms with van der Waals surface area (Å²) in [6.45, 7) is 3.13. The summed E-state index contributed by atoms with van der Waals surface area (Å²) >= 11 is 5.56. The van der Waals surface area contributed by atoms with Crippen molar-refractivity contribution < 1.29 is 0 Å². The number of thiocarbonyl (C=S) groups is 1. The topological polar surface area (TPSA) is 33.1 Å². The lowest BCUT2D eigenvalue weighted by molar-refractivity contribution is 0.306. The van der Waals surface area contributed by atoms with E-state index in [2.05, 4.69) is 58.1 Å². The van der Waals surface area contributed by atoms with Crippen LogP contribution in [0.1, 0.15) is 36.8 Å². The fraction of sp³-hybridized carbons (Fsp3) is 0.375. The molecule has 110 valence electrons. The summed E-state index contributed by atoms with van der Waals surface area (Å²) < 4.78 is 2.17. The summed E-state index contributed by atoms with van der Waals surface area (Å²) in [6, 6.07) is 10.6. The molecular weight excluding hydrogens is 280 g/mol. The first-order chi connectivity index (χ1) is 10.2. The monoisotopic (exact) mass is 300 g/mol. The number of pyridine rings is 1. The van der Waals surface area contributed by atoms with E-state index in [0.717, 1.165) is 23.8 Å². The van der Waals surface area contributed by atoms with Crippen LogP contribution in [0.2, 0.25) is 0 Å². The van der Waals surface area contributed by atoms with Crippen LogP contribution in [0.15, 0.2) is 42.7 Å². The predicted octanol–water partition coefficient (Wildman–Crippen LogP) is 2.80. The second-order valence-electron chi connectivity index (χ2n) is 5.36. The second-order valence-corrected chi connectivity index (χ2v) is 5.75. The molecule has 0 bridgehead atoms. The highest BCUT2D eigenvalue weighted by Crippen LogP contribution is 2.38. The van der Waals surface area contributed by atoms with Crippen LogP contribution in [0.3, 0.4) is 0 Å². The van der Waals surface area contributed by atoms with E-state index in [1.807, 2.05) is 18.3 Å². The van der Waals surface area contributed by atoms with Gasteiger partial charge in [-0.25, -0.2) is 0 Å². The molecule has 3 rings (SSSR count). The molecule has 1 aliphatic rings. The van der Waals surface area contributed by atoms with Crippen LogP contribution in [0, 0.1) is 0 Å². The van der Waals surface area contributed by atoms with Crippen molar-refractivity contribution in [2.24, 2.45) is 7.05 Å². The van der Waals surface area contributed by atoms with Gasteiger partial charge in [-0.2, -0.15) is 0 Å². The van der Waals surface area contributed by atoms with Gasteiger partial charge in [0.25, 0.3) is 0 Å². The highest BCUT2D eigenvalue weighted by Gasteiger charge is 2.40. The Labute approximate surface area is 130 Å². The van der Waals surface area contributed by atoms with Crippen molar-refractivity contribution >= 4 is 17.3 Å². The minimum absolute atomic E-state index is 0.0962. The average molecular weight is 300 g/mol. The van der Waals surface area contributed by atoms with E-state index in [1.54, 1.807) is 0 Å². The second kappa shape index (κ2) is 5.85. The Morgan fingerprint density at radius 3 is 2.76 bits per heavy atom. The minimum Gasteiger partial charge on any atom is -0.353 e. The van der Waals surface area contributed by atoms with Crippen molar-refractivity contribution in [2.75, 3.05) is 6.54 Å². The van der Waals surface area contributed by atoms with Crippen molar-refractivity contribution in [3.63, 3.8) is 0 Å². The number of rotatable bonds is 4. The Balaban J connectivity index is 2.03. The number of nitrogens with zero attached hydrogens (tertiary/aromatic N) is 3. The van der Waals surface area contributed by atoms with Gasteiger partial charge in [-0.1, -0.05) is 13.0 Å². The maximum atomic E-state index is 5.56. The Morgan fingerprint density at radius 1 is 1.29 bits per heavy atom. The average Bonchev–Trinajstić information content (AvgIpc) is 3.05. The van der Waals surface area contributed by atoms with Gasteiger partial charge >= 0.3 is 0 Å². The molecule has 4 nitrogen and oxygen atoms in total. The molecule has 0 amide bonds. The molecule has 1 fully saturated rings. The standard InChI is InChI=1S/C16H20N4S/c1-3-10-20-15(13-8-6-11-19(13)2)14(18-16(20)21)12-7-4-5-9-17-12/h4-9,11,14-15H,3,10H2,1-2H3,(H,18,21)/t14-,15-/m0/s1. The largest absolute Gasteiger partial charge is 0.353 e. The molecule has 2 aromatic heterocycles. The van der Waals surface area contributed by atoms with Crippen molar-refractivity contribution in [3.05, 3.63) is 54.1 Å². The fourth-order valence-corrected chi connectivity index (χ4v) is 3.32. The molecule has 3 heterocycles.